The molecule has 26 heavy (non-hydrogen) atoms. The third-order valence-electron chi connectivity index (χ3n) is 4.31. The summed E-state index contributed by atoms with van der Waals surface area (Å²) in [6.07, 6.45) is 4.29. The van der Waals surface area contributed by atoms with Crippen LogP contribution >= 0.6 is 11.6 Å². The van der Waals surface area contributed by atoms with Gasteiger partial charge in [-0.3, -0.25) is 0 Å². The molecule has 1 aromatic carbocycles. The van der Waals surface area contributed by atoms with Gasteiger partial charge in [-0.1, -0.05) is 29.8 Å². The van der Waals surface area contributed by atoms with Crippen molar-refractivity contribution in [1.82, 2.24) is 9.71 Å². The minimum atomic E-state index is -3.60. The lowest BCUT2D eigenvalue weighted by molar-refractivity contribution is 0.138. The molecule has 1 N–H and O–H groups in total. The molecular weight excluding hydrogens is 379 g/mol. The normalized spacial score (nSPS) is 20.7. The summed E-state index contributed by atoms with van der Waals surface area (Å²) in [4.78, 5) is 4.10. The number of nitrogens with zero attached hydrogens (tertiary/aromatic N) is 1. The van der Waals surface area contributed by atoms with Crippen molar-refractivity contribution in [3.63, 3.8) is 0 Å². The standard InChI is InChI=1S/C18H20ClFN2O3S/c19-14-5-10-18(21-11-14)25-16-8-6-15(7-9-16)22-26(23,24)12-13-3-1-2-4-17(13)20/h1-5,10-11,15-16,22H,6-9,12H2. The van der Waals surface area contributed by atoms with Crippen LogP contribution in [-0.4, -0.2) is 25.5 Å². The lowest BCUT2D eigenvalue weighted by Gasteiger charge is -2.29. The zero-order valence-corrected chi connectivity index (χ0v) is 15.6. The number of ether oxygens (including phenoxy) is 1. The highest BCUT2D eigenvalue weighted by Gasteiger charge is 2.26. The van der Waals surface area contributed by atoms with Crippen LogP contribution < -0.4 is 9.46 Å². The lowest BCUT2D eigenvalue weighted by atomic mass is 9.94. The molecule has 0 amide bonds. The molecule has 3 rings (SSSR count). The van der Waals surface area contributed by atoms with Gasteiger partial charge < -0.3 is 4.74 Å². The number of rotatable bonds is 6. The molecule has 0 bridgehead atoms. The van der Waals surface area contributed by atoms with E-state index in [1.165, 1.54) is 24.4 Å². The summed E-state index contributed by atoms with van der Waals surface area (Å²) in [6, 6.07) is 9.18. The maximum atomic E-state index is 13.7. The van der Waals surface area contributed by atoms with Crippen LogP contribution in [0.25, 0.3) is 0 Å². The molecule has 1 saturated carbocycles. The molecule has 0 spiro atoms. The van der Waals surface area contributed by atoms with Gasteiger partial charge in [0.1, 0.15) is 11.9 Å². The van der Waals surface area contributed by atoms with Crippen molar-refractivity contribution >= 4 is 21.6 Å². The fraction of sp³-hybridized carbons (Fsp3) is 0.389. The zero-order valence-electron chi connectivity index (χ0n) is 14.1. The van der Waals surface area contributed by atoms with E-state index in [4.69, 9.17) is 16.3 Å². The summed E-state index contributed by atoms with van der Waals surface area (Å²) in [5, 5.41) is 0.547. The number of halogens is 2. The number of aromatic nitrogens is 1. The van der Waals surface area contributed by atoms with Crippen molar-refractivity contribution in [3.05, 3.63) is 59.0 Å². The van der Waals surface area contributed by atoms with Gasteiger partial charge in [0, 0.05) is 23.9 Å². The number of benzene rings is 1. The van der Waals surface area contributed by atoms with Crippen LogP contribution in [0.4, 0.5) is 4.39 Å². The highest BCUT2D eigenvalue weighted by atomic mass is 35.5. The number of hydrogen-bond donors (Lipinski definition) is 1. The van der Waals surface area contributed by atoms with E-state index in [2.05, 4.69) is 9.71 Å². The summed E-state index contributed by atoms with van der Waals surface area (Å²) < 4.78 is 46.7. The van der Waals surface area contributed by atoms with Crippen molar-refractivity contribution in [2.24, 2.45) is 0 Å². The Morgan fingerprint density at radius 3 is 2.54 bits per heavy atom. The largest absolute Gasteiger partial charge is 0.474 e. The van der Waals surface area contributed by atoms with Gasteiger partial charge >= 0.3 is 0 Å². The summed E-state index contributed by atoms with van der Waals surface area (Å²) in [5.41, 5.74) is 0.172. The van der Waals surface area contributed by atoms with E-state index in [1.807, 2.05) is 0 Å². The monoisotopic (exact) mass is 398 g/mol. The fourth-order valence-corrected chi connectivity index (χ4v) is 4.60. The van der Waals surface area contributed by atoms with Crippen LogP contribution in [0.15, 0.2) is 42.6 Å². The summed E-state index contributed by atoms with van der Waals surface area (Å²) >= 11 is 5.80. The maximum Gasteiger partial charge on any atom is 0.216 e. The van der Waals surface area contributed by atoms with Crippen LogP contribution in [0.5, 0.6) is 5.88 Å². The van der Waals surface area contributed by atoms with Gasteiger partial charge in [-0.2, -0.15) is 0 Å². The Morgan fingerprint density at radius 2 is 1.88 bits per heavy atom. The molecule has 1 heterocycles. The van der Waals surface area contributed by atoms with Crippen molar-refractivity contribution in [1.29, 1.82) is 0 Å². The van der Waals surface area contributed by atoms with Gasteiger partial charge in [0.05, 0.1) is 10.8 Å². The Kier molecular flexibility index (Phi) is 6.11. The van der Waals surface area contributed by atoms with Crippen molar-refractivity contribution in [2.75, 3.05) is 0 Å². The van der Waals surface area contributed by atoms with E-state index in [9.17, 15) is 12.8 Å². The van der Waals surface area contributed by atoms with E-state index in [-0.39, 0.29) is 23.5 Å². The molecule has 0 aliphatic heterocycles. The first-order valence-corrected chi connectivity index (χ1v) is 10.5. The topological polar surface area (TPSA) is 68.3 Å². The van der Waals surface area contributed by atoms with E-state index >= 15 is 0 Å². The first-order valence-electron chi connectivity index (χ1n) is 8.43. The molecule has 0 unspecified atom stereocenters. The van der Waals surface area contributed by atoms with Crippen LogP contribution in [0, 0.1) is 5.82 Å². The number of sulfonamides is 1. The summed E-state index contributed by atoms with van der Waals surface area (Å²) in [7, 11) is -3.60. The maximum absolute atomic E-state index is 13.7. The van der Waals surface area contributed by atoms with Crippen molar-refractivity contribution in [2.45, 2.75) is 43.6 Å². The first kappa shape index (κ1) is 19.1. The Labute approximate surface area is 157 Å². The average molecular weight is 399 g/mol. The highest BCUT2D eigenvalue weighted by Crippen LogP contribution is 2.24. The zero-order chi connectivity index (χ0) is 18.6. The predicted molar refractivity (Wildman–Crippen MR) is 98.1 cm³/mol. The van der Waals surface area contributed by atoms with Gasteiger partial charge in [-0.15, -0.1) is 0 Å². The lowest BCUT2D eigenvalue weighted by Crippen LogP contribution is -2.40. The van der Waals surface area contributed by atoms with E-state index < -0.39 is 15.8 Å². The first-order chi connectivity index (χ1) is 12.4. The fourth-order valence-electron chi connectivity index (χ4n) is 3.02. The minimum Gasteiger partial charge on any atom is -0.474 e. The molecular formula is C18H20ClFN2O3S. The van der Waals surface area contributed by atoms with Crippen molar-refractivity contribution < 1.29 is 17.5 Å². The molecule has 140 valence electrons. The van der Waals surface area contributed by atoms with Crippen LogP contribution in [0.1, 0.15) is 31.2 Å². The van der Waals surface area contributed by atoms with Gasteiger partial charge in [0.2, 0.25) is 15.9 Å². The van der Waals surface area contributed by atoms with Crippen LogP contribution in [0.2, 0.25) is 5.02 Å². The summed E-state index contributed by atoms with van der Waals surface area (Å²) in [6.45, 7) is 0. The molecule has 2 aromatic rings. The molecule has 0 saturated heterocycles. The van der Waals surface area contributed by atoms with E-state index in [0.717, 1.165) is 12.8 Å². The Bertz CT molecular complexity index is 838. The SMILES string of the molecule is O=S(=O)(Cc1ccccc1F)NC1CCC(Oc2ccc(Cl)cn2)CC1. The van der Waals surface area contributed by atoms with Gasteiger partial charge in [0.25, 0.3) is 0 Å². The predicted octanol–water partition coefficient (Wildman–Crippen LogP) is 3.68. The molecule has 5 nitrogen and oxygen atoms in total. The van der Waals surface area contributed by atoms with E-state index in [1.54, 1.807) is 18.2 Å². The molecule has 1 fully saturated rings. The molecule has 1 aliphatic rings. The summed E-state index contributed by atoms with van der Waals surface area (Å²) in [5.74, 6) is -0.353. The highest BCUT2D eigenvalue weighted by molar-refractivity contribution is 7.88. The number of hydrogen-bond acceptors (Lipinski definition) is 4. The third kappa shape index (κ3) is 5.40. The smallest absolute Gasteiger partial charge is 0.216 e. The molecule has 0 radical (unpaired) electrons. The second kappa shape index (κ2) is 8.33. The van der Waals surface area contributed by atoms with E-state index in [0.29, 0.717) is 23.7 Å². The Morgan fingerprint density at radius 1 is 1.15 bits per heavy atom. The number of pyridine rings is 1. The van der Waals surface area contributed by atoms with Crippen LogP contribution in [0.3, 0.4) is 0 Å². The number of nitrogens with one attached hydrogen (secondary N) is 1. The molecule has 8 heteroatoms. The van der Waals surface area contributed by atoms with Crippen molar-refractivity contribution in [3.8, 4) is 5.88 Å². The van der Waals surface area contributed by atoms with Crippen LogP contribution in [-0.2, 0) is 15.8 Å². The Balaban J connectivity index is 1.50. The molecule has 1 aliphatic carbocycles. The second-order valence-electron chi connectivity index (χ2n) is 6.37. The van der Waals surface area contributed by atoms with Gasteiger partial charge in [-0.25, -0.2) is 22.5 Å². The third-order valence-corrected chi connectivity index (χ3v) is 5.92. The van der Waals surface area contributed by atoms with Gasteiger partial charge in [0.15, 0.2) is 0 Å². The quantitative estimate of drug-likeness (QED) is 0.805. The molecule has 1 aromatic heterocycles. The molecule has 0 atom stereocenters. The average Bonchev–Trinajstić information content (AvgIpc) is 2.60. The van der Waals surface area contributed by atoms with Gasteiger partial charge in [-0.05, 0) is 37.8 Å². The minimum absolute atomic E-state index is 0.00371. The second-order valence-corrected chi connectivity index (χ2v) is 8.56. The Hall–Kier alpha value is -1.70.